The monoisotopic (exact) mass is 227 g/mol. The summed E-state index contributed by atoms with van der Waals surface area (Å²) in [6.07, 6.45) is 0. The first-order valence-electron chi connectivity index (χ1n) is 3.35. The molecule has 1 aromatic rings. The average Bonchev–Trinajstić information content (AvgIpc) is 2.05. The van der Waals surface area contributed by atoms with E-state index in [1.807, 2.05) is 13.8 Å². The van der Waals surface area contributed by atoms with Gasteiger partial charge in [0.05, 0.1) is 5.02 Å². The van der Waals surface area contributed by atoms with Gasteiger partial charge in [0.1, 0.15) is 10.2 Å². The minimum Gasteiger partial charge on any atom is -0.310 e. The normalized spacial score (nSPS) is 8.75. The summed E-state index contributed by atoms with van der Waals surface area (Å²) >= 11 is 16.3. The van der Waals surface area contributed by atoms with Gasteiger partial charge >= 0.3 is 0 Å². The Morgan fingerprint density at radius 2 is 1.67 bits per heavy atom. The minimum absolute atomic E-state index is 0.0365. The van der Waals surface area contributed by atoms with Crippen LogP contribution in [0, 0.1) is 0 Å². The van der Waals surface area contributed by atoms with Crippen molar-refractivity contribution in [2.24, 2.45) is 0 Å². The number of halogens is 3. The highest BCUT2D eigenvalue weighted by Gasteiger charge is 2.01. The third-order valence-electron chi connectivity index (χ3n) is 0.903. The van der Waals surface area contributed by atoms with Gasteiger partial charge in [-0.2, -0.15) is 0 Å². The number of pyridine rings is 1. The molecule has 0 amide bonds. The van der Waals surface area contributed by atoms with Crippen molar-refractivity contribution in [3.8, 4) is 0 Å². The Balaban J connectivity index is 0.000000561. The summed E-state index contributed by atoms with van der Waals surface area (Å²) in [5, 5.41) is 0.386. The predicted octanol–water partition coefficient (Wildman–Crippen LogP) is 3.36. The number of nitrogens with one attached hydrogen (secondary N) is 1. The maximum atomic E-state index is 10.7. The molecule has 0 spiro atoms. The zero-order chi connectivity index (χ0) is 9.72. The molecular formula is C7H8Cl3NO. The first kappa shape index (κ1) is 11.8. The molecule has 0 saturated heterocycles. The van der Waals surface area contributed by atoms with Gasteiger partial charge in [-0.15, -0.1) is 0 Å². The molecule has 2 nitrogen and oxygen atoms in total. The van der Waals surface area contributed by atoms with Crippen LogP contribution in [0.25, 0.3) is 0 Å². The molecule has 0 aliphatic carbocycles. The summed E-state index contributed by atoms with van der Waals surface area (Å²) in [6, 6.07) is 1.30. The van der Waals surface area contributed by atoms with Crippen molar-refractivity contribution in [2.75, 3.05) is 0 Å². The zero-order valence-electron chi connectivity index (χ0n) is 6.62. The van der Waals surface area contributed by atoms with E-state index in [0.717, 1.165) is 0 Å². The Bertz CT molecular complexity index is 308. The van der Waals surface area contributed by atoms with Crippen molar-refractivity contribution in [3.05, 3.63) is 31.6 Å². The van der Waals surface area contributed by atoms with E-state index in [-0.39, 0.29) is 15.2 Å². The highest BCUT2D eigenvalue weighted by Crippen LogP contribution is 2.19. The maximum absolute atomic E-state index is 10.7. The zero-order valence-corrected chi connectivity index (χ0v) is 8.89. The van der Waals surface area contributed by atoms with Gasteiger partial charge in [0.25, 0.3) is 5.56 Å². The lowest BCUT2D eigenvalue weighted by atomic mass is 10.5. The van der Waals surface area contributed by atoms with Crippen LogP contribution in [0.15, 0.2) is 10.9 Å². The van der Waals surface area contributed by atoms with Gasteiger partial charge in [-0.3, -0.25) is 4.79 Å². The molecule has 0 fully saturated rings. The van der Waals surface area contributed by atoms with Crippen LogP contribution in [0.4, 0.5) is 0 Å². The Hall–Kier alpha value is -0.180. The van der Waals surface area contributed by atoms with Crippen LogP contribution in [0.3, 0.4) is 0 Å². The standard InChI is InChI=1S/C5H2Cl3NO.C2H6/c6-2-1-3(7)5(10)9-4(2)8;1-2/h1H,(H,9,10);1-2H3. The van der Waals surface area contributed by atoms with Gasteiger partial charge in [-0.25, -0.2) is 0 Å². The molecule has 1 N–H and O–H groups in total. The smallest absolute Gasteiger partial charge is 0.267 e. The third kappa shape index (κ3) is 3.05. The molecule has 1 heterocycles. The van der Waals surface area contributed by atoms with Gasteiger partial charge in [0.15, 0.2) is 0 Å². The van der Waals surface area contributed by atoms with Crippen molar-refractivity contribution in [1.29, 1.82) is 0 Å². The number of hydrogen-bond acceptors (Lipinski definition) is 1. The molecule has 0 aliphatic heterocycles. The van der Waals surface area contributed by atoms with E-state index >= 15 is 0 Å². The lowest BCUT2D eigenvalue weighted by Crippen LogP contribution is -2.05. The minimum atomic E-state index is -0.434. The second-order valence-electron chi connectivity index (χ2n) is 1.61. The molecule has 1 rings (SSSR count). The fourth-order valence-electron chi connectivity index (χ4n) is 0.459. The van der Waals surface area contributed by atoms with Gasteiger partial charge in [-0.05, 0) is 6.07 Å². The maximum Gasteiger partial charge on any atom is 0.267 e. The van der Waals surface area contributed by atoms with E-state index in [1.54, 1.807) is 0 Å². The van der Waals surface area contributed by atoms with Crippen LogP contribution in [0.2, 0.25) is 15.2 Å². The SMILES string of the molecule is CC.O=c1[nH]c(Cl)c(Cl)cc1Cl. The second-order valence-corrected chi connectivity index (χ2v) is 2.80. The second kappa shape index (κ2) is 5.46. The highest BCUT2D eigenvalue weighted by molar-refractivity contribution is 6.42. The molecule has 0 radical (unpaired) electrons. The lowest BCUT2D eigenvalue weighted by Gasteiger charge is -1.93. The number of aromatic amines is 1. The Morgan fingerprint density at radius 3 is 2.08 bits per heavy atom. The Kier molecular flexibility index (Phi) is 5.38. The van der Waals surface area contributed by atoms with Crippen LogP contribution in [0.1, 0.15) is 13.8 Å². The molecular weight excluding hydrogens is 220 g/mol. The van der Waals surface area contributed by atoms with Crippen LogP contribution >= 0.6 is 34.8 Å². The lowest BCUT2D eigenvalue weighted by molar-refractivity contribution is 1.24. The van der Waals surface area contributed by atoms with Crippen LogP contribution in [-0.4, -0.2) is 4.98 Å². The molecule has 0 unspecified atom stereocenters. The van der Waals surface area contributed by atoms with Gasteiger partial charge < -0.3 is 4.98 Å². The van der Waals surface area contributed by atoms with E-state index in [2.05, 4.69) is 4.98 Å². The molecule has 12 heavy (non-hydrogen) atoms. The van der Waals surface area contributed by atoms with Gasteiger partial charge in [0.2, 0.25) is 0 Å². The quantitative estimate of drug-likeness (QED) is 0.679. The fourth-order valence-corrected chi connectivity index (χ4v) is 0.968. The summed E-state index contributed by atoms with van der Waals surface area (Å²) in [7, 11) is 0. The summed E-state index contributed by atoms with van der Waals surface area (Å²) in [5.41, 5.74) is -0.434. The molecule has 0 atom stereocenters. The summed E-state index contributed by atoms with van der Waals surface area (Å²) in [5.74, 6) is 0. The van der Waals surface area contributed by atoms with Crippen molar-refractivity contribution in [2.45, 2.75) is 13.8 Å². The summed E-state index contributed by atoms with van der Waals surface area (Å²) in [4.78, 5) is 12.9. The molecule has 5 heteroatoms. The van der Waals surface area contributed by atoms with Crippen molar-refractivity contribution >= 4 is 34.8 Å². The molecule has 0 bridgehead atoms. The topological polar surface area (TPSA) is 32.9 Å². The van der Waals surface area contributed by atoms with Crippen molar-refractivity contribution in [3.63, 3.8) is 0 Å². The van der Waals surface area contributed by atoms with Crippen molar-refractivity contribution in [1.82, 2.24) is 4.98 Å². The number of rotatable bonds is 0. The Morgan fingerprint density at radius 1 is 1.17 bits per heavy atom. The van der Waals surface area contributed by atoms with Crippen LogP contribution in [0.5, 0.6) is 0 Å². The molecule has 0 saturated carbocycles. The van der Waals surface area contributed by atoms with Crippen LogP contribution < -0.4 is 5.56 Å². The predicted molar refractivity (Wildman–Crippen MR) is 53.4 cm³/mol. The number of H-pyrrole nitrogens is 1. The Labute approximate surface area is 85.5 Å². The molecule has 68 valence electrons. The fraction of sp³-hybridized carbons (Fsp3) is 0.286. The van der Waals surface area contributed by atoms with Crippen LogP contribution in [-0.2, 0) is 0 Å². The largest absolute Gasteiger partial charge is 0.310 e. The first-order chi connectivity index (χ1) is 5.61. The molecule has 1 aromatic heterocycles. The van der Waals surface area contributed by atoms with Gasteiger partial charge in [0, 0.05) is 0 Å². The summed E-state index contributed by atoms with van der Waals surface area (Å²) in [6.45, 7) is 4.00. The van der Waals surface area contributed by atoms with E-state index in [0.29, 0.717) is 0 Å². The number of aromatic nitrogens is 1. The molecule has 0 aromatic carbocycles. The average molecular weight is 229 g/mol. The third-order valence-corrected chi connectivity index (χ3v) is 1.88. The highest BCUT2D eigenvalue weighted by atomic mass is 35.5. The summed E-state index contributed by atoms with van der Waals surface area (Å²) < 4.78 is 0. The van der Waals surface area contributed by atoms with E-state index in [1.165, 1.54) is 6.07 Å². The van der Waals surface area contributed by atoms with E-state index in [4.69, 9.17) is 34.8 Å². The van der Waals surface area contributed by atoms with Crippen molar-refractivity contribution < 1.29 is 0 Å². The van der Waals surface area contributed by atoms with Gasteiger partial charge in [-0.1, -0.05) is 48.7 Å². The molecule has 0 aliphatic rings. The first-order valence-corrected chi connectivity index (χ1v) is 4.48. The van der Waals surface area contributed by atoms with E-state index in [9.17, 15) is 4.79 Å². The van der Waals surface area contributed by atoms with E-state index < -0.39 is 5.56 Å². The number of hydrogen-bond donors (Lipinski definition) is 1.